The van der Waals surface area contributed by atoms with Crippen molar-refractivity contribution in [1.29, 1.82) is 0 Å². The Kier molecular flexibility index (Phi) is 5.12. The average Bonchev–Trinajstić information content (AvgIpc) is 3.06. The summed E-state index contributed by atoms with van der Waals surface area (Å²) in [6.07, 6.45) is 4.56. The highest BCUT2D eigenvalue weighted by Gasteiger charge is 2.33. The Hall–Kier alpha value is -1.26. The Bertz CT molecular complexity index is 571. The third-order valence-electron chi connectivity index (χ3n) is 5.20. The van der Waals surface area contributed by atoms with Crippen molar-refractivity contribution >= 4 is 23.2 Å². The topological polar surface area (TPSA) is 49.6 Å². The third-order valence-corrected chi connectivity index (χ3v) is 5.66. The van der Waals surface area contributed by atoms with Gasteiger partial charge in [-0.3, -0.25) is 9.69 Å². The predicted octanol–water partition coefficient (Wildman–Crippen LogP) is 3.15. The highest BCUT2D eigenvalue weighted by Crippen LogP contribution is 2.29. The zero-order chi connectivity index (χ0) is 16.4. The lowest BCUT2D eigenvalue weighted by molar-refractivity contribution is -0.140. The summed E-state index contributed by atoms with van der Waals surface area (Å²) in [6, 6.07) is 6.06. The zero-order valence-electron chi connectivity index (χ0n) is 13.8. The van der Waals surface area contributed by atoms with Gasteiger partial charge in [0.15, 0.2) is 0 Å². The summed E-state index contributed by atoms with van der Waals surface area (Å²) >= 11 is 6.30. The maximum absolute atomic E-state index is 12.6. The van der Waals surface area contributed by atoms with E-state index in [1.54, 1.807) is 0 Å². The van der Waals surface area contributed by atoms with Crippen LogP contribution in [0.2, 0.25) is 5.02 Å². The van der Waals surface area contributed by atoms with Gasteiger partial charge in [-0.15, -0.1) is 0 Å². The molecule has 1 amide bonds. The molecule has 23 heavy (non-hydrogen) atoms. The lowest BCUT2D eigenvalue weighted by Crippen LogP contribution is -2.54. The molecule has 0 unspecified atom stereocenters. The molecule has 1 saturated carbocycles. The Labute approximate surface area is 143 Å². The standard InChI is InChI=1S/C18H26ClN3O/c1-13-11-21(12-15-7-4-8-16(20)17(15)19)9-10-22(13)18(23)14-5-2-3-6-14/h4,7-8,13-14H,2-3,5-6,9-12,20H2,1H3/t13-/m0/s1. The second-order valence-corrected chi connectivity index (χ2v) is 7.30. The quantitative estimate of drug-likeness (QED) is 0.863. The van der Waals surface area contributed by atoms with Crippen LogP contribution < -0.4 is 5.73 Å². The molecule has 4 nitrogen and oxygen atoms in total. The second kappa shape index (κ2) is 7.10. The molecule has 0 spiro atoms. The number of nitrogens with zero attached hydrogens (tertiary/aromatic N) is 2. The zero-order valence-corrected chi connectivity index (χ0v) is 14.6. The number of nitrogens with two attached hydrogens (primary N) is 1. The van der Waals surface area contributed by atoms with Gasteiger partial charge in [-0.1, -0.05) is 36.6 Å². The van der Waals surface area contributed by atoms with Gasteiger partial charge in [-0.2, -0.15) is 0 Å². The molecule has 1 saturated heterocycles. The molecule has 1 aromatic carbocycles. The van der Waals surface area contributed by atoms with Gasteiger partial charge in [0, 0.05) is 38.1 Å². The Morgan fingerprint density at radius 3 is 2.74 bits per heavy atom. The molecular weight excluding hydrogens is 310 g/mol. The van der Waals surface area contributed by atoms with E-state index >= 15 is 0 Å². The van der Waals surface area contributed by atoms with Crippen molar-refractivity contribution in [1.82, 2.24) is 9.80 Å². The fraction of sp³-hybridized carbons (Fsp3) is 0.611. The van der Waals surface area contributed by atoms with Gasteiger partial charge in [0.2, 0.25) is 5.91 Å². The van der Waals surface area contributed by atoms with Crippen molar-refractivity contribution in [3.8, 4) is 0 Å². The van der Waals surface area contributed by atoms with E-state index in [9.17, 15) is 4.79 Å². The average molecular weight is 336 g/mol. The number of benzene rings is 1. The van der Waals surface area contributed by atoms with Crippen molar-refractivity contribution in [2.45, 2.75) is 45.2 Å². The van der Waals surface area contributed by atoms with E-state index in [0.29, 0.717) is 16.6 Å². The van der Waals surface area contributed by atoms with E-state index in [0.717, 1.165) is 44.6 Å². The molecule has 1 heterocycles. The van der Waals surface area contributed by atoms with Crippen LogP contribution in [0, 0.1) is 5.92 Å². The first-order chi connectivity index (χ1) is 11.1. The molecule has 0 aromatic heterocycles. The summed E-state index contributed by atoms with van der Waals surface area (Å²) < 4.78 is 0. The van der Waals surface area contributed by atoms with E-state index in [-0.39, 0.29) is 12.0 Å². The second-order valence-electron chi connectivity index (χ2n) is 6.92. The first kappa shape index (κ1) is 16.6. The molecule has 0 bridgehead atoms. The largest absolute Gasteiger partial charge is 0.398 e. The van der Waals surface area contributed by atoms with Crippen LogP contribution in [0.4, 0.5) is 5.69 Å². The number of hydrogen-bond acceptors (Lipinski definition) is 3. The number of hydrogen-bond donors (Lipinski definition) is 1. The smallest absolute Gasteiger partial charge is 0.226 e. The molecule has 0 radical (unpaired) electrons. The minimum Gasteiger partial charge on any atom is -0.398 e. The van der Waals surface area contributed by atoms with Gasteiger partial charge in [0.25, 0.3) is 0 Å². The predicted molar refractivity (Wildman–Crippen MR) is 94.3 cm³/mol. The molecule has 126 valence electrons. The number of carbonyl (C=O) groups is 1. The molecule has 2 fully saturated rings. The monoisotopic (exact) mass is 335 g/mol. The van der Waals surface area contributed by atoms with Crippen molar-refractivity contribution in [2.75, 3.05) is 25.4 Å². The van der Waals surface area contributed by atoms with Gasteiger partial charge in [0.05, 0.1) is 10.7 Å². The van der Waals surface area contributed by atoms with E-state index in [4.69, 9.17) is 17.3 Å². The number of piperazine rings is 1. The summed E-state index contributed by atoms with van der Waals surface area (Å²) in [5.74, 6) is 0.643. The minimum absolute atomic E-state index is 0.261. The summed E-state index contributed by atoms with van der Waals surface area (Å²) in [6.45, 7) is 5.55. The van der Waals surface area contributed by atoms with Crippen LogP contribution in [0.5, 0.6) is 0 Å². The number of carbonyl (C=O) groups excluding carboxylic acids is 1. The van der Waals surface area contributed by atoms with E-state index in [1.807, 2.05) is 18.2 Å². The van der Waals surface area contributed by atoms with Gasteiger partial charge >= 0.3 is 0 Å². The Balaban J connectivity index is 1.60. The molecule has 1 aliphatic heterocycles. The number of halogens is 1. The molecule has 1 aliphatic carbocycles. The molecule has 2 N–H and O–H groups in total. The minimum atomic E-state index is 0.261. The van der Waals surface area contributed by atoms with Gasteiger partial charge in [-0.25, -0.2) is 0 Å². The van der Waals surface area contributed by atoms with Crippen LogP contribution in [-0.2, 0) is 11.3 Å². The molecule has 2 aliphatic rings. The van der Waals surface area contributed by atoms with Crippen LogP contribution in [-0.4, -0.2) is 41.4 Å². The van der Waals surface area contributed by atoms with Crippen molar-refractivity contribution < 1.29 is 4.79 Å². The van der Waals surface area contributed by atoms with Crippen LogP contribution in [0.15, 0.2) is 18.2 Å². The first-order valence-electron chi connectivity index (χ1n) is 8.62. The van der Waals surface area contributed by atoms with Gasteiger partial charge in [0.1, 0.15) is 0 Å². The maximum atomic E-state index is 12.6. The van der Waals surface area contributed by atoms with Gasteiger partial charge < -0.3 is 10.6 Å². The van der Waals surface area contributed by atoms with Crippen LogP contribution >= 0.6 is 11.6 Å². The van der Waals surface area contributed by atoms with Crippen molar-refractivity contribution in [3.05, 3.63) is 28.8 Å². The van der Waals surface area contributed by atoms with E-state index in [1.165, 1.54) is 12.8 Å². The molecular formula is C18H26ClN3O. The molecule has 3 rings (SSSR count). The summed E-state index contributed by atoms with van der Waals surface area (Å²) in [7, 11) is 0. The Morgan fingerprint density at radius 2 is 2.04 bits per heavy atom. The highest BCUT2D eigenvalue weighted by atomic mass is 35.5. The lowest BCUT2D eigenvalue weighted by Gasteiger charge is -2.41. The molecule has 5 heteroatoms. The number of nitrogen functional groups attached to an aromatic ring is 1. The van der Waals surface area contributed by atoms with E-state index in [2.05, 4.69) is 16.7 Å². The third kappa shape index (κ3) is 3.64. The summed E-state index contributed by atoms with van der Waals surface area (Å²) in [5, 5.41) is 0.657. The summed E-state index contributed by atoms with van der Waals surface area (Å²) in [5.41, 5.74) is 7.58. The fourth-order valence-electron chi connectivity index (χ4n) is 3.87. The van der Waals surface area contributed by atoms with Crippen molar-refractivity contribution in [3.63, 3.8) is 0 Å². The molecule has 1 atom stereocenters. The van der Waals surface area contributed by atoms with E-state index < -0.39 is 0 Å². The van der Waals surface area contributed by atoms with Crippen molar-refractivity contribution in [2.24, 2.45) is 5.92 Å². The number of amides is 1. The lowest BCUT2D eigenvalue weighted by atomic mass is 10.0. The van der Waals surface area contributed by atoms with Crippen LogP contribution in [0.1, 0.15) is 38.2 Å². The maximum Gasteiger partial charge on any atom is 0.226 e. The van der Waals surface area contributed by atoms with Crippen LogP contribution in [0.3, 0.4) is 0 Å². The van der Waals surface area contributed by atoms with Crippen LogP contribution in [0.25, 0.3) is 0 Å². The summed E-state index contributed by atoms with van der Waals surface area (Å²) in [4.78, 5) is 17.1. The normalized spacial score (nSPS) is 23.4. The Morgan fingerprint density at radius 1 is 1.30 bits per heavy atom. The SMILES string of the molecule is C[C@H]1CN(Cc2cccc(N)c2Cl)CCN1C(=O)C1CCCC1. The fourth-order valence-corrected chi connectivity index (χ4v) is 4.06. The van der Waals surface area contributed by atoms with Gasteiger partial charge in [-0.05, 0) is 31.4 Å². The highest BCUT2D eigenvalue weighted by molar-refractivity contribution is 6.33. The number of anilines is 1. The first-order valence-corrected chi connectivity index (χ1v) is 8.99. The number of rotatable bonds is 3. The molecule has 1 aromatic rings.